The number of halogens is 1. The molecule has 19 heavy (non-hydrogen) atoms. The summed E-state index contributed by atoms with van der Waals surface area (Å²) in [6.45, 7) is 0. The van der Waals surface area contributed by atoms with Crippen LogP contribution in [0.1, 0.15) is 37.2 Å². The second-order valence-corrected chi connectivity index (χ2v) is 6.59. The van der Waals surface area contributed by atoms with E-state index in [9.17, 15) is 9.90 Å². The molecule has 2 aromatic heterocycles. The van der Waals surface area contributed by atoms with Crippen LogP contribution < -0.4 is 5.56 Å². The maximum absolute atomic E-state index is 12.2. The molecule has 0 bridgehead atoms. The maximum Gasteiger partial charge on any atom is 0.258 e. The number of aromatic amines is 1. The topological polar surface area (TPSA) is 66.0 Å². The van der Waals surface area contributed by atoms with Gasteiger partial charge in [-0.15, -0.1) is 11.3 Å². The Labute approximate surface area is 122 Å². The molecule has 0 amide bonds. The maximum atomic E-state index is 12.2. The summed E-state index contributed by atoms with van der Waals surface area (Å²) >= 11 is 4.83. The Hall–Kier alpha value is -1.14. The highest BCUT2D eigenvalue weighted by atomic mass is 79.9. The number of aromatic nitrogens is 2. The van der Waals surface area contributed by atoms with Gasteiger partial charge in [0.1, 0.15) is 0 Å². The van der Waals surface area contributed by atoms with Gasteiger partial charge in [-0.05, 0) is 40.8 Å². The van der Waals surface area contributed by atoms with Crippen molar-refractivity contribution in [3.8, 4) is 16.6 Å². The van der Waals surface area contributed by atoms with Crippen LogP contribution in [0.15, 0.2) is 20.7 Å². The molecule has 1 aliphatic carbocycles. The van der Waals surface area contributed by atoms with E-state index in [0.29, 0.717) is 11.4 Å². The van der Waals surface area contributed by atoms with Crippen LogP contribution in [0.2, 0.25) is 0 Å². The third-order valence-corrected chi connectivity index (χ3v) is 5.20. The fourth-order valence-corrected chi connectivity index (χ4v) is 3.98. The molecular formula is C13H13BrN2O2S. The fourth-order valence-electron chi connectivity index (χ4n) is 2.61. The number of rotatable bonds is 2. The molecule has 0 atom stereocenters. The number of hydrogen-bond acceptors (Lipinski definition) is 4. The van der Waals surface area contributed by atoms with Crippen LogP contribution in [0.3, 0.4) is 0 Å². The average molecular weight is 341 g/mol. The zero-order chi connectivity index (χ0) is 13.4. The summed E-state index contributed by atoms with van der Waals surface area (Å²) in [5, 5.41) is 12.0. The van der Waals surface area contributed by atoms with Gasteiger partial charge >= 0.3 is 0 Å². The number of thiophene rings is 1. The zero-order valence-corrected chi connectivity index (χ0v) is 12.6. The van der Waals surface area contributed by atoms with E-state index in [-0.39, 0.29) is 17.4 Å². The second-order valence-electron chi connectivity index (χ2n) is 4.76. The van der Waals surface area contributed by atoms with Crippen molar-refractivity contribution in [3.05, 3.63) is 31.8 Å². The number of nitrogens with zero attached hydrogens (tertiary/aromatic N) is 1. The largest absolute Gasteiger partial charge is 0.493 e. The quantitative estimate of drug-likeness (QED) is 0.877. The van der Waals surface area contributed by atoms with Crippen LogP contribution in [0.5, 0.6) is 5.88 Å². The lowest BCUT2D eigenvalue weighted by molar-refractivity contribution is 0.436. The lowest BCUT2D eigenvalue weighted by Gasteiger charge is -2.10. The summed E-state index contributed by atoms with van der Waals surface area (Å²) in [4.78, 5) is 19.9. The van der Waals surface area contributed by atoms with Crippen molar-refractivity contribution in [1.29, 1.82) is 0 Å². The van der Waals surface area contributed by atoms with Crippen LogP contribution in [0, 0.1) is 0 Å². The Morgan fingerprint density at radius 1 is 1.42 bits per heavy atom. The number of hydrogen-bond donors (Lipinski definition) is 2. The molecule has 0 spiro atoms. The van der Waals surface area contributed by atoms with Gasteiger partial charge in [0.25, 0.3) is 5.56 Å². The summed E-state index contributed by atoms with van der Waals surface area (Å²) in [6.07, 6.45) is 4.15. The Balaban J connectivity index is 2.04. The first-order valence-electron chi connectivity index (χ1n) is 6.22. The zero-order valence-electron chi connectivity index (χ0n) is 10.1. The number of aromatic hydroxyl groups is 1. The first-order chi connectivity index (χ1) is 9.15. The lowest BCUT2D eigenvalue weighted by Crippen LogP contribution is -2.17. The van der Waals surface area contributed by atoms with E-state index in [2.05, 4.69) is 25.9 Å². The van der Waals surface area contributed by atoms with E-state index >= 15 is 0 Å². The summed E-state index contributed by atoms with van der Waals surface area (Å²) in [5.41, 5.74) is 0.246. The van der Waals surface area contributed by atoms with Crippen molar-refractivity contribution in [1.82, 2.24) is 9.97 Å². The molecule has 0 aromatic carbocycles. The van der Waals surface area contributed by atoms with Gasteiger partial charge in [-0.25, -0.2) is 0 Å². The minimum Gasteiger partial charge on any atom is -0.493 e. The summed E-state index contributed by atoms with van der Waals surface area (Å²) in [7, 11) is 0. The molecule has 2 N–H and O–H groups in total. The third-order valence-electron chi connectivity index (χ3n) is 3.50. The molecule has 0 unspecified atom stereocenters. The lowest BCUT2D eigenvalue weighted by atomic mass is 10.00. The molecule has 0 saturated heterocycles. The molecule has 1 aliphatic rings. The Morgan fingerprint density at radius 3 is 2.74 bits per heavy atom. The van der Waals surface area contributed by atoms with E-state index in [1.807, 2.05) is 11.4 Å². The van der Waals surface area contributed by atoms with Gasteiger partial charge in [-0.1, -0.05) is 12.8 Å². The molecule has 2 aromatic rings. The second kappa shape index (κ2) is 5.09. The predicted octanol–water partition coefficient (Wildman–Crippen LogP) is 3.62. The minimum atomic E-state index is -0.209. The van der Waals surface area contributed by atoms with Crippen molar-refractivity contribution in [2.24, 2.45) is 0 Å². The Morgan fingerprint density at radius 2 is 2.16 bits per heavy atom. The van der Waals surface area contributed by atoms with Gasteiger partial charge in [0.05, 0.1) is 10.4 Å². The monoisotopic (exact) mass is 340 g/mol. The van der Waals surface area contributed by atoms with Gasteiger partial charge in [-0.2, -0.15) is 4.98 Å². The van der Waals surface area contributed by atoms with E-state index in [4.69, 9.17) is 0 Å². The normalized spacial score (nSPS) is 16.1. The molecular weight excluding hydrogens is 328 g/mol. The molecule has 1 fully saturated rings. The third kappa shape index (κ3) is 2.47. The first-order valence-corrected chi connectivity index (χ1v) is 7.90. The van der Waals surface area contributed by atoms with Gasteiger partial charge in [-0.3, -0.25) is 4.79 Å². The summed E-state index contributed by atoms with van der Waals surface area (Å²) in [5.74, 6) is 0.468. The minimum absolute atomic E-state index is 0.116. The summed E-state index contributed by atoms with van der Waals surface area (Å²) in [6, 6.07) is 1.87. The highest BCUT2D eigenvalue weighted by Crippen LogP contribution is 2.36. The van der Waals surface area contributed by atoms with Crippen molar-refractivity contribution in [2.45, 2.75) is 31.6 Å². The van der Waals surface area contributed by atoms with Crippen molar-refractivity contribution in [3.63, 3.8) is 0 Å². The van der Waals surface area contributed by atoms with Crippen LogP contribution in [-0.4, -0.2) is 15.1 Å². The van der Waals surface area contributed by atoms with Gasteiger partial charge in [0.2, 0.25) is 5.88 Å². The number of H-pyrrole nitrogens is 1. The van der Waals surface area contributed by atoms with Crippen LogP contribution >= 0.6 is 27.3 Å². The molecule has 0 radical (unpaired) electrons. The Kier molecular flexibility index (Phi) is 3.45. The molecule has 3 rings (SSSR count). The fraction of sp³-hybridized carbons (Fsp3) is 0.385. The van der Waals surface area contributed by atoms with Crippen molar-refractivity contribution < 1.29 is 5.11 Å². The van der Waals surface area contributed by atoms with E-state index in [0.717, 1.165) is 35.0 Å². The first kappa shape index (κ1) is 12.9. The van der Waals surface area contributed by atoms with Crippen LogP contribution in [0.4, 0.5) is 0 Å². The molecule has 2 heterocycles. The SMILES string of the molecule is O=c1[nH]c(-c2cc(Br)cs2)nc(O)c1C1CCCC1. The number of nitrogens with one attached hydrogen (secondary N) is 1. The smallest absolute Gasteiger partial charge is 0.258 e. The van der Waals surface area contributed by atoms with Gasteiger partial charge in [0, 0.05) is 9.85 Å². The Bertz CT molecular complexity index is 659. The average Bonchev–Trinajstić information content (AvgIpc) is 2.99. The van der Waals surface area contributed by atoms with Gasteiger partial charge < -0.3 is 10.1 Å². The molecule has 0 aliphatic heterocycles. The van der Waals surface area contributed by atoms with E-state index in [1.54, 1.807) is 0 Å². The molecule has 1 saturated carbocycles. The standard InChI is InChI=1S/C13H13BrN2O2S/c14-8-5-9(19-6-8)11-15-12(17)10(13(18)16-11)7-3-1-2-4-7/h5-7H,1-4H2,(H2,15,16,17,18). The highest BCUT2D eigenvalue weighted by molar-refractivity contribution is 9.10. The molecule has 100 valence electrons. The van der Waals surface area contributed by atoms with E-state index in [1.165, 1.54) is 11.3 Å². The van der Waals surface area contributed by atoms with Crippen LogP contribution in [0.25, 0.3) is 10.7 Å². The van der Waals surface area contributed by atoms with Crippen LogP contribution in [-0.2, 0) is 0 Å². The molecule has 4 nitrogen and oxygen atoms in total. The van der Waals surface area contributed by atoms with E-state index < -0.39 is 0 Å². The summed E-state index contributed by atoms with van der Waals surface area (Å²) < 4.78 is 0.939. The highest BCUT2D eigenvalue weighted by Gasteiger charge is 2.24. The molecule has 6 heteroatoms. The van der Waals surface area contributed by atoms with Gasteiger partial charge in [0.15, 0.2) is 5.82 Å². The van der Waals surface area contributed by atoms with Crippen molar-refractivity contribution >= 4 is 27.3 Å². The van der Waals surface area contributed by atoms with Crippen molar-refractivity contribution in [2.75, 3.05) is 0 Å². The predicted molar refractivity (Wildman–Crippen MR) is 78.7 cm³/mol.